The molecule has 3 atom stereocenters. The monoisotopic (exact) mass is 503 g/mol. The van der Waals surface area contributed by atoms with E-state index in [-0.39, 0.29) is 40.7 Å². The van der Waals surface area contributed by atoms with Crippen molar-refractivity contribution in [2.24, 2.45) is 10.9 Å². The third kappa shape index (κ3) is 5.40. The van der Waals surface area contributed by atoms with Crippen molar-refractivity contribution in [3.63, 3.8) is 0 Å². The number of nitrogens with one attached hydrogen (secondary N) is 2. The number of aromatic nitrogens is 2. The topological polar surface area (TPSA) is 71.3 Å². The molecular weight excluding hydrogens is 484 g/mol. The van der Waals surface area contributed by atoms with E-state index in [1.165, 1.54) is 30.1 Å². The highest BCUT2D eigenvalue weighted by Gasteiger charge is 2.40. The first-order valence-corrected chi connectivity index (χ1v) is 11.1. The molecular formula is C21H19F6N5OS. The molecule has 1 aromatic heterocycles. The molecule has 0 bridgehead atoms. The predicted molar refractivity (Wildman–Crippen MR) is 114 cm³/mol. The number of hydrogen-bond donors (Lipinski definition) is 2. The van der Waals surface area contributed by atoms with Crippen LogP contribution in [0.2, 0.25) is 0 Å². The summed E-state index contributed by atoms with van der Waals surface area (Å²) in [4.78, 5) is 16.8. The van der Waals surface area contributed by atoms with Crippen molar-refractivity contribution < 1.29 is 31.1 Å². The SMILES string of the molecule is O=C(NCc1cn(C2=CNC(C(F)(F)F)N=C2)nc1C(F)F)C1CCC1Sc1ccc(F)cc1. The zero-order valence-corrected chi connectivity index (χ0v) is 18.2. The van der Waals surface area contributed by atoms with Gasteiger partial charge in [-0.3, -0.25) is 9.79 Å². The number of carbonyl (C=O) groups excluding carboxylic acids is 1. The number of alkyl halides is 5. The van der Waals surface area contributed by atoms with Gasteiger partial charge in [-0.15, -0.1) is 11.8 Å². The Morgan fingerprint density at radius 2 is 1.97 bits per heavy atom. The van der Waals surface area contributed by atoms with Crippen molar-refractivity contribution in [3.05, 3.63) is 53.7 Å². The zero-order valence-electron chi connectivity index (χ0n) is 17.4. The molecule has 3 unspecified atom stereocenters. The first-order valence-electron chi connectivity index (χ1n) is 10.2. The van der Waals surface area contributed by atoms with Gasteiger partial charge >= 0.3 is 6.18 Å². The molecule has 2 heterocycles. The summed E-state index contributed by atoms with van der Waals surface area (Å²) in [5.41, 5.74) is -0.509. The van der Waals surface area contributed by atoms with Gasteiger partial charge in [-0.25, -0.2) is 17.9 Å². The van der Waals surface area contributed by atoms with Crippen LogP contribution in [0.4, 0.5) is 26.3 Å². The van der Waals surface area contributed by atoms with Gasteiger partial charge in [-0.2, -0.15) is 18.3 Å². The van der Waals surface area contributed by atoms with Gasteiger partial charge in [0.15, 0.2) is 0 Å². The lowest BCUT2D eigenvalue weighted by molar-refractivity contribution is -0.151. The van der Waals surface area contributed by atoms with E-state index >= 15 is 0 Å². The van der Waals surface area contributed by atoms with E-state index in [0.29, 0.717) is 6.42 Å². The van der Waals surface area contributed by atoms with E-state index in [0.717, 1.165) is 28.4 Å². The predicted octanol–water partition coefficient (Wildman–Crippen LogP) is 4.51. The van der Waals surface area contributed by atoms with Crippen molar-refractivity contribution in [2.75, 3.05) is 0 Å². The number of aliphatic imine (C=N–C) groups is 1. The highest BCUT2D eigenvalue weighted by Crippen LogP contribution is 2.41. The lowest BCUT2D eigenvalue weighted by Crippen LogP contribution is -2.42. The number of halogens is 6. The van der Waals surface area contributed by atoms with Gasteiger partial charge in [0, 0.05) is 34.7 Å². The van der Waals surface area contributed by atoms with Crippen LogP contribution in [0.1, 0.15) is 30.5 Å². The Balaban J connectivity index is 1.38. The largest absolute Gasteiger partial charge is 0.429 e. The van der Waals surface area contributed by atoms with Gasteiger partial charge in [-0.1, -0.05) is 0 Å². The summed E-state index contributed by atoms with van der Waals surface area (Å²) in [6.07, 6.45) is -5.13. The van der Waals surface area contributed by atoms with Crippen LogP contribution < -0.4 is 10.6 Å². The third-order valence-corrected chi connectivity index (χ3v) is 6.86. The minimum absolute atomic E-state index is 0.0148. The third-order valence-electron chi connectivity index (χ3n) is 5.45. The summed E-state index contributed by atoms with van der Waals surface area (Å²) in [6.45, 7) is -0.216. The lowest BCUT2D eigenvalue weighted by atomic mass is 9.84. The summed E-state index contributed by atoms with van der Waals surface area (Å²) < 4.78 is 79.1. The number of hydrogen-bond acceptors (Lipinski definition) is 5. The second kappa shape index (κ2) is 9.72. The number of rotatable bonds is 7. The molecule has 4 rings (SSSR count). The van der Waals surface area contributed by atoms with E-state index in [1.54, 1.807) is 12.1 Å². The average molecular weight is 503 g/mol. The zero-order chi connectivity index (χ0) is 24.5. The van der Waals surface area contributed by atoms with Crippen LogP contribution in [0, 0.1) is 11.7 Å². The Hall–Kier alpha value is -2.96. The Bertz CT molecular complexity index is 1100. The number of allylic oxidation sites excluding steroid dienone is 1. The summed E-state index contributed by atoms with van der Waals surface area (Å²) in [7, 11) is 0. The van der Waals surface area contributed by atoms with Gasteiger partial charge in [-0.05, 0) is 37.1 Å². The number of carbonyl (C=O) groups is 1. The lowest BCUT2D eigenvalue weighted by Gasteiger charge is -2.34. The molecule has 1 aliphatic carbocycles. The quantitative estimate of drug-likeness (QED) is 0.546. The van der Waals surface area contributed by atoms with Crippen molar-refractivity contribution in [3.8, 4) is 0 Å². The standard InChI is InChI=1S/C21H19F6N5OS/c22-12-1-3-14(4-2-12)34-16-6-5-15(16)19(33)28-7-11-10-32(31-17(11)18(23)24)13-8-29-20(30-9-13)21(25,26)27/h1-4,8-10,15-16,18,20,29H,5-7H2,(H,28,33). The summed E-state index contributed by atoms with van der Waals surface area (Å²) in [5, 5.41) is 8.44. The fourth-order valence-electron chi connectivity index (χ4n) is 3.49. The van der Waals surface area contributed by atoms with Gasteiger partial charge < -0.3 is 10.6 Å². The second-order valence-electron chi connectivity index (χ2n) is 7.75. The minimum Gasteiger partial charge on any atom is -0.361 e. The summed E-state index contributed by atoms with van der Waals surface area (Å²) in [5.74, 6) is -0.974. The van der Waals surface area contributed by atoms with Crippen LogP contribution >= 0.6 is 11.8 Å². The Morgan fingerprint density at radius 3 is 2.53 bits per heavy atom. The maximum atomic E-state index is 13.5. The first kappa shape index (κ1) is 24.2. The van der Waals surface area contributed by atoms with Gasteiger partial charge in [0.05, 0.1) is 17.8 Å². The van der Waals surface area contributed by atoms with Crippen molar-refractivity contribution in [2.45, 2.75) is 48.3 Å². The van der Waals surface area contributed by atoms with E-state index < -0.39 is 24.5 Å². The van der Waals surface area contributed by atoms with Crippen LogP contribution in [0.5, 0.6) is 0 Å². The normalized spacial score (nSPS) is 22.2. The number of thioether (sulfide) groups is 1. The van der Waals surface area contributed by atoms with Crippen LogP contribution in [-0.4, -0.2) is 39.5 Å². The van der Waals surface area contributed by atoms with E-state index in [9.17, 15) is 31.1 Å². The van der Waals surface area contributed by atoms with Crippen LogP contribution in [-0.2, 0) is 11.3 Å². The molecule has 1 fully saturated rings. The van der Waals surface area contributed by atoms with E-state index in [2.05, 4.69) is 15.4 Å². The van der Waals surface area contributed by atoms with E-state index in [1.807, 2.05) is 5.32 Å². The molecule has 2 aromatic rings. The molecule has 0 spiro atoms. The molecule has 1 amide bonds. The number of nitrogens with zero attached hydrogens (tertiary/aromatic N) is 3. The van der Waals surface area contributed by atoms with Crippen molar-refractivity contribution in [1.29, 1.82) is 0 Å². The molecule has 34 heavy (non-hydrogen) atoms. The Kier molecular flexibility index (Phi) is 6.91. The summed E-state index contributed by atoms with van der Waals surface area (Å²) in [6, 6.07) is 5.94. The molecule has 13 heteroatoms. The van der Waals surface area contributed by atoms with Gasteiger partial charge in [0.2, 0.25) is 12.1 Å². The van der Waals surface area contributed by atoms with Crippen molar-refractivity contribution in [1.82, 2.24) is 20.4 Å². The molecule has 1 aromatic carbocycles. The fraction of sp³-hybridized carbons (Fsp3) is 0.381. The average Bonchev–Trinajstić information content (AvgIpc) is 3.21. The molecule has 6 nitrogen and oxygen atoms in total. The van der Waals surface area contributed by atoms with Crippen LogP contribution in [0.15, 0.2) is 46.6 Å². The highest BCUT2D eigenvalue weighted by atomic mass is 32.2. The number of amides is 1. The Morgan fingerprint density at radius 1 is 1.24 bits per heavy atom. The van der Waals surface area contributed by atoms with E-state index in [4.69, 9.17) is 0 Å². The number of benzene rings is 1. The molecule has 2 aliphatic rings. The van der Waals surface area contributed by atoms with Crippen LogP contribution in [0.25, 0.3) is 5.70 Å². The van der Waals surface area contributed by atoms with Crippen LogP contribution in [0.3, 0.4) is 0 Å². The molecule has 0 radical (unpaired) electrons. The molecule has 2 N–H and O–H groups in total. The summed E-state index contributed by atoms with van der Waals surface area (Å²) >= 11 is 1.46. The second-order valence-corrected chi connectivity index (χ2v) is 9.07. The minimum atomic E-state index is -4.60. The molecule has 1 saturated carbocycles. The fourth-order valence-corrected chi connectivity index (χ4v) is 4.81. The maximum absolute atomic E-state index is 13.5. The smallest absolute Gasteiger partial charge is 0.361 e. The molecule has 1 aliphatic heterocycles. The molecule has 182 valence electrons. The van der Waals surface area contributed by atoms with Gasteiger partial charge in [0.25, 0.3) is 6.43 Å². The molecule has 0 saturated heterocycles. The first-order chi connectivity index (χ1) is 16.1. The maximum Gasteiger partial charge on any atom is 0.429 e. The van der Waals surface area contributed by atoms with Gasteiger partial charge in [0.1, 0.15) is 11.5 Å². The van der Waals surface area contributed by atoms with Crippen molar-refractivity contribution >= 4 is 29.6 Å². The Labute approximate surface area is 194 Å². The highest BCUT2D eigenvalue weighted by molar-refractivity contribution is 8.00.